The molecular weight excluding hydrogens is 218 g/mol. The molecule has 1 N–H and O–H groups in total. The van der Waals surface area contributed by atoms with Crippen molar-refractivity contribution in [2.45, 2.75) is 46.6 Å². The largest absolute Gasteiger partial charge is 0.481 e. The Labute approximate surface area is 105 Å². The van der Waals surface area contributed by atoms with Gasteiger partial charge in [-0.15, -0.1) is 0 Å². The van der Waals surface area contributed by atoms with E-state index in [9.17, 15) is 4.79 Å². The topological polar surface area (TPSA) is 49.8 Å². The minimum Gasteiger partial charge on any atom is -0.481 e. The predicted octanol–water partition coefficient (Wildman–Crippen LogP) is 2.23. The maximum absolute atomic E-state index is 10.6. The molecule has 0 aliphatic rings. The molecule has 0 bridgehead atoms. The number of hydrogen-bond donors (Lipinski definition) is 1. The predicted molar refractivity (Wildman–Crippen MR) is 69.2 cm³/mol. The highest BCUT2D eigenvalue weighted by Crippen LogP contribution is 2.13. The van der Waals surface area contributed by atoms with Gasteiger partial charge >= 0.3 is 5.97 Å². The second-order valence-electron chi connectivity index (χ2n) is 5.77. The lowest BCUT2D eigenvalue weighted by atomic mass is 10.1. The molecule has 102 valence electrons. The van der Waals surface area contributed by atoms with Crippen LogP contribution < -0.4 is 0 Å². The number of carboxylic acid groups (broad SMARTS) is 1. The molecule has 0 atom stereocenters. The van der Waals surface area contributed by atoms with E-state index in [1.807, 2.05) is 0 Å². The van der Waals surface area contributed by atoms with Crippen molar-refractivity contribution >= 4 is 5.97 Å². The van der Waals surface area contributed by atoms with Crippen molar-refractivity contribution in [1.29, 1.82) is 0 Å². The molecule has 0 unspecified atom stereocenters. The standard InChI is InChI=1S/C13H27NO3/c1-11(2)10-17-9-8-14(13(3,4)5)7-6-12(15)16/h11H,6-10H2,1-5H3,(H,15,16). The first-order chi connectivity index (χ1) is 7.73. The van der Waals surface area contributed by atoms with Gasteiger partial charge < -0.3 is 9.84 Å². The first-order valence-electron chi connectivity index (χ1n) is 6.28. The van der Waals surface area contributed by atoms with Gasteiger partial charge in [-0.3, -0.25) is 9.69 Å². The van der Waals surface area contributed by atoms with Crippen molar-refractivity contribution < 1.29 is 14.6 Å². The van der Waals surface area contributed by atoms with Crippen LogP contribution in [0.1, 0.15) is 41.0 Å². The van der Waals surface area contributed by atoms with E-state index in [2.05, 4.69) is 39.5 Å². The number of rotatable bonds is 8. The lowest BCUT2D eigenvalue weighted by molar-refractivity contribution is -0.137. The van der Waals surface area contributed by atoms with Gasteiger partial charge in [0.15, 0.2) is 0 Å². The fourth-order valence-electron chi connectivity index (χ4n) is 1.51. The van der Waals surface area contributed by atoms with Crippen molar-refractivity contribution in [3.05, 3.63) is 0 Å². The molecule has 4 nitrogen and oxygen atoms in total. The average molecular weight is 245 g/mol. The fourth-order valence-corrected chi connectivity index (χ4v) is 1.51. The molecule has 0 heterocycles. The summed E-state index contributed by atoms with van der Waals surface area (Å²) in [6, 6.07) is 0. The fraction of sp³-hybridized carbons (Fsp3) is 0.923. The second kappa shape index (κ2) is 7.67. The van der Waals surface area contributed by atoms with Gasteiger partial charge in [0.05, 0.1) is 13.0 Å². The zero-order valence-electron chi connectivity index (χ0n) is 11.8. The minimum atomic E-state index is -0.748. The van der Waals surface area contributed by atoms with Gasteiger partial charge in [-0.1, -0.05) is 13.8 Å². The molecule has 0 saturated carbocycles. The third-order valence-electron chi connectivity index (χ3n) is 2.50. The van der Waals surface area contributed by atoms with E-state index in [1.165, 1.54) is 0 Å². The Hall–Kier alpha value is -0.610. The SMILES string of the molecule is CC(C)COCCN(CCC(=O)O)C(C)(C)C. The van der Waals surface area contributed by atoms with Crippen molar-refractivity contribution in [1.82, 2.24) is 4.90 Å². The van der Waals surface area contributed by atoms with Crippen LogP contribution in [-0.2, 0) is 9.53 Å². The van der Waals surface area contributed by atoms with Gasteiger partial charge in [-0.05, 0) is 26.7 Å². The summed E-state index contributed by atoms with van der Waals surface area (Å²) < 4.78 is 5.54. The van der Waals surface area contributed by atoms with Crippen LogP contribution in [0.5, 0.6) is 0 Å². The highest BCUT2D eigenvalue weighted by Gasteiger charge is 2.21. The Balaban J connectivity index is 3.99. The molecule has 4 heteroatoms. The molecule has 0 radical (unpaired) electrons. The van der Waals surface area contributed by atoms with Crippen LogP contribution in [0.2, 0.25) is 0 Å². The van der Waals surface area contributed by atoms with E-state index >= 15 is 0 Å². The van der Waals surface area contributed by atoms with Crippen LogP contribution in [0.15, 0.2) is 0 Å². The Kier molecular flexibility index (Phi) is 7.39. The molecule has 0 rings (SSSR count). The lowest BCUT2D eigenvalue weighted by Gasteiger charge is -2.35. The van der Waals surface area contributed by atoms with Gasteiger partial charge in [0.25, 0.3) is 0 Å². The third-order valence-corrected chi connectivity index (χ3v) is 2.50. The molecule has 0 aromatic heterocycles. The van der Waals surface area contributed by atoms with Crippen molar-refractivity contribution in [2.24, 2.45) is 5.92 Å². The van der Waals surface area contributed by atoms with Gasteiger partial charge in [0.1, 0.15) is 0 Å². The third kappa shape index (κ3) is 9.12. The van der Waals surface area contributed by atoms with E-state index in [1.54, 1.807) is 0 Å². The summed E-state index contributed by atoms with van der Waals surface area (Å²) in [5.74, 6) is -0.209. The number of ether oxygens (including phenoxy) is 1. The molecule has 0 fully saturated rings. The summed E-state index contributed by atoms with van der Waals surface area (Å²) in [5.41, 5.74) is -0.0172. The van der Waals surface area contributed by atoms with Crippen molar-refractivity contribution in [2.75, 3.05) is 26.3 Å². The Morgan fingerprint density at radius 3 is 2.29 bits per heavy atom. The summed E-state index contributed by atoms with van der Waals surface area (Å²) in [6.07, 6.45) is 0.182. The van der Waals surface area contributed by atoms with Crippen molar-refractivity contribution in [3.8, 4) is 0 Å². The average Bonchev–Trinajstić information content (AvgIpc) is 2.13. The first-order valence-corrected chi connectivity index (χ1v) is 6.28. The van der Waals surface area contributed by atoms with E-state index in [0.717, 1.165) is 13.2 Å². The summed E-state index contributed by atoms with van der Waals surface area (Å²) in [6.45, 7) is 13.3. The van der Waals surface area contributed by atoms with E-state index < -0.39 is 5.97 Å². The molecule has 0 spiro atoms. The Morgan fingerprint density at radius 2 is 1.88 bits per heavy atom. The molecular formula is C13H27NO3. The highest BCUT2D eigenvalue weighted by atomic mass is 16.5. The summed E-state index contributed by atoms with van der Waals surface area (Å²) >= 11 is 0. The quantitative estimate of drug-likeness (QED) is 0.666. The number of nitrogens with zero attached hydrogens (tertiary/aromatic N) is 1. The molecule has 17 heavy (non-hydrogen) atoms. The highest BCUT2D eigenvalue weighted by molar-refractivity contribution is 5.66. The summed E-state index contributed by atoms with van der Waals surface area (Å²) in [5, 5.41) is 8.71. The van der Waals surface area contributed by atoms with Gasteiger partial charge in [-0.2, -0.15) is 0 Å². The van der Waals surface area contributed by atoms with Gasteiger partial charge in [-0.25, -0.2) is 0 Å². The smallest absolute Gasteiger partial charge is 0.304 e. The van der Waals surface area contributed by atoms with Crippen LogP contribution in [0.3, 0.4) is 0 Å². The zero-order chi connectivity index (χ0) is 13.5. The van der Waals surface area contributed by atoms with Crippen LogP contribution in [-0.4, -0.2) is 47.8 Å². The summed E-state index contributed by atoms with van der Waals surface area (Å²) in [7, 11) is 0. The Bertz CT molecular complexity index is 221. The minimum absolute atomic E-state index is 0.0172. The molecule has 0 aromatic rings. The number of carboxylic acids is 1. The second-order valence-corrected chi connectivity index (χ2v) is 5.77. The number of hydrogen-bond acceptors (Lipinski definition) is 3. The molecule has 0 aromatic carbocycles. The molecule has 0 aliphatic heterocycles. The summed E-state index contributed by atoms with van der Waals surface area (Å²) in [4.78, 5) is 12.7. The van der Waals surface area contributed by atoms with Gasteiger partial charge in [0.2, 0.25) is 0 Å². The van der Waals surface area contributed by atoms with E-state index in [4.69, 9.17) is 9.84 Å². The zero-order valence-corrected chi connectivity index (χ0v) is 11.8. The van der Waals surface area contributed by atoms with Crippen LogP contribution in [0, 0.1) is 5.92 Å². The van der Waals surface area contributed by atoms with E-state index in [-0.39, 0.29) is 12.0 Å². The number of carbonyl (C=O) groups is 1. The maximum Gasteiger partial charge on any atom is 0.304 e. The normalized spacial score (nSPS) is 12.4. The van der Waals surface area contributed by atoms with Crippen molar-refractivity contribution in [3.63, 3.8) is 0 Å². The van der Waals surface area contributed by atoms with Crippen LogP contribution in [0.4, 0.5) is 0 Å². The Morgan fingerprint density at radius 1 is 1.29 bits per heavy atom. The first kappa shape index (κ1) is 16.4. The van der Waals surface area contributed by atoms with Gasteiger partial charge in [0, 0.05) is 25.2 Å². The molecule has 0 aliphatic carbocycles. The van der Waals surface area contributed by atoms with Crippen LogP contribution in [0.25, 0.3) is 0 Å². The monoisotopic (exact) mass is 245 g/mol. The molecule has 0 amide bonds. The lowest BCUT2D eigenvalue weighted by Crippen LogP contribution is -2.44. The van der Waals surface area contributed by atoms with Crippen LogP contribution >= 0.6 is 0 Å². The van der Waals surface area contributed by atoms with E-state index in [0.29, 0.717) is 19.1 Å². The number of aliphatic carboxylic acids is 1. The maximum atomic E-state index is 10.6. The molecule has 0 saturated heterocycles.